The molecule has 0 spiro atoms. The van der Waals surface area contributed by atoms with Crippen molar-refractivity contribution < 1.29 is 39.9 Å². The summed E-state index contributed by atoms with van der Waals surface area (Å²) in [5.41, 5.74) is -1.14. The van der Waals surface area contributed by atoms with E-state index in [4.69, 9.17) is 0 Å². The van der Waals surface area contributed by atoms with Gasteiger partial charge in [-0.2, -0.15) is 8.78 Å². The van der Waals surface area contributed by atoms with E-state index < -0.39 is 57.9 Å². The molecule has 0 unspecified atom stereocenters. The Bertz CT molecular complexity index is 1460. The van der Waals surface area contributed by atoms with Gasteiger partial charge >= 0.3 is 6.11 Å². The van der Waals surface area contributed by atoms with E-state index in [1.165, 1.54) is 0 Å². The van der Waals surface area contributed by atoms with Crippen molar-refractivity contribution in [2.45, 2.75) is 38.7 Å². The predicted octanol–water partition coefficient (Wildman–Crippen LogP) is 9.72. The van der Waals surface area contributed by atoms with Crippen LogP contribution in [0.25, 0.3) is 22.3 Å². The fraction of sp³-hybridized carbons (Fsp3) is 0.200. The third-order valence-corrected chi connectivity index (χ3v) is 6.21. The summed E-state index contributed by atoms with van der Waals surface area (Å²) in [4.78, 5) is 0. The number of hydrogen-bond acceptors (Lipinski definition) is 1. The maximum absolute atomic E-state index is 14.9. The van der Waals surface area contributed by atoms with Gasteiger partial charge in [0.05, 0.1) is 0 Å². The lowest BCUT2D eigenvalue weighted by molar-refractivity contribution is -0.187. The molecule has 0 N–H and O–H groups in total. The van der Waals surface area contributed by atoms with Crippen molar-refractivity contribution in [2.75, 3.05) is 0 Å². The van der Waals surface area contributed by atoms with Crippen LogP contribution in [0.3, 0.4) is 0 Å². The molecule has 1 nitrogen and oxygen atoms in total. The normalized spacial score (nSPS) is 11.6. The summed E-state index contributed by atoms with van der Waals surface area (Å²) in [5, 5.41) is 0. The lowest BCUT2D eigenvalue weighted by Crippen LogP contribution is -2.24. The van der Waals surface area contributed by atoms with Gasteiger partial charge in [-0.3, -0.25) is 0 Å². The molecule has 204 valence electrons. The van der Waals surface area contributed by atoms with Gasteiger partial charge in [-0.05, 0) is 59.9 Å². The number of unbranched alkanes of at least 4 members (excludes halogenated alkanes) is 2. The van der Waals surface area contributed by atoms with Gasteiger partial charge in [-0.1, -0.05) is 50.1 Å². The third kappa shape index (κ3) is 6.08. The van der Waals surface area contributed by atoms with E-state index in [0.717, 1.165) is 49.4 Å². The number of hydrogen-bond donors (Lipinski definition) is 0. The highest BCUT2D eigenvalue weighted by Crippen LogP contribution is 2.38. The maximum Gasteiger partial charge on any atom is 0.429 e. The molecule has 4 aromatic rings. The van der Waals surface area contributed by atoms with Crippen molar-refractivity contribution in [1.82, 2.24) is 0 Å². The topological polar surface area (TPSA) is 9.23 Å². The summed E-state index contributed by atoms with van der Waals surface area (Å²) in [6.07, 6.45) is -0.480. The average Bonchev–Trinajstić information content (AvgIpc) is 2.89. The van der Waals surface area contributed by atoms with Crippen LogP contribution in [0.1, 0.15) is 37.3 Å². The fourth-order valence-electron chi connectivity index (χ4n) is 4.13. The summed E-state index contributed by atoms with van der Waals surface area (Å²) >= 11 is 0. The summed E-state index contributed by atoms with van der Waals surface area (Å²) in [7, 11) is 0. The molecule has 0 saturated heterocycles. The minimum absolute atomic E-state index is 0.221. The number of alkyl halides is 2. The van der Waals surface area contributed by atoms with Gasteiger partial charge < -0.3 is 4.74 Å². The van der Waals surface area contributed by atoms with Gasteiger partial charge in [-0.25, -0.2) is 26.3 Å². The van der Waals surface area contributed by atoms with Crippen molar-refractivity contribution in [3.8, 4) is 28.0 Å². The van der Waals surface area contributed by atoms with Gasteiger partial charge in [-0.15, -0.1) is 0 Å². The molecule has 0 heterocycles. The summed E-state index contributed by atoms with van der Waals surface area (Å²) in [6, 6.07) is 11.6. The van der Waals surface area contributed by atoms with E-state index >= 15 is 0 Å². The van der Waals surface area contributed by atoms with Crippen molar-refractivity contribution in [3.05, 3.63) is 113 Å². The van der Waals surface area contributed by atoms with E-state index in [2.05, 4.69) is 11.7 Å². The number of rotatable bonds is 9. The Morgan fingerprint density at radius 1 is 0.615 bits per heavy atom. The van der Waals surface area contributed by atoms with Crippen LogP contribution in [0.5, 0.6) is 5.75 Å². The predicted molar refractivity (Wildman–Crippen MR) is 131 cm³/mol. The highest BCUT2D eigenvalue weighted by atomic mass is 19.3. The van der Waals surface area contributed by atoms with Crippen molar-refractivity contribution in [1.29, 1.82) is 0 Å². The van der Waals surface area contributed by atoms with E-state index in [-0.39, 0.29) is 11.1 Å². The minimum atomic E-state index is -4.41. The molecule has 0 radical (unpaired) electrons. The molecule has 0 aromatic heterocycles. The van der Waals surface area contributed by atoms with Crippen LogP contribution >= 0.6 is 0 Å². The molecule has 4 aromatic carbocycles. The third-order valence-electron chi connectivity index (χ3n) is 6.21. The first-order valence-corrected chi connectivity index (χ1v) is 12.1. The summed E-state index contributed by atoms with van der Waals surface area (Å²) < 4.78 is 119. The van der Waals surface area contributed by atoms with E-state index in [1.54, 1.807) is 24.3 Å². The standard InChI is InChI=1S/C30H22F8O/c1-2-3-4-5-17-6-8-18(9-7-17)22-12-13-23(28(35)27(22)34)30(37,38)39-20-10-11-21(24(31)16-20)19-14-25(32)29(36)26(33)15-19/h6-16H,2-5H2,1H3. The lowest BCUT2D eigenvalue weighted by Gasteiger charge is -2.20. The zero-order chi connectivity index (χ0) is 28.3. The van der Waals surface area contributed by atoms with Crippen LogP contribution in [0.2, 0.25) is 0 Å². The first-order valence-electron chi connectivity index (χ1n) is 12.1. The summed E-state index contributed by atoms with van der Waals surface area (Å²) in [5.74, 6) is -10.2. The van der Waals surface area contributed by atoms with Gasteiger partial charge in [0.15, 0.2) is 29.1 Å². The van der Waals surface area contributed by atoms with Crippen LogP contribution in [0.15, 0.2) is 66.7 Å². The van der Waals surface area contributed by atoms with Gasteiger partial charge in [0.1, 0.15) is 17.1 Å². The first kappa shape index (κ1) is 28.1. The monoisotopic (exact) mass is 550 g/mol. The van der Waals surface area contributed by atoms with Crippen LogP contribution in [0, 0.1) is 34.9 Å². The Balaban J connectivity index is 1.56. The van der Waals surface area contributed by atoms with Gasteiger partial charge in [0, 0.05) is 17.2 Å². The van der Waals surface area contributed by atoms with E-state index in [1.807, 2.05) is 0 Å². The van der Waals surface area contributed by atoms with E-state index in [9.17, 15) is 35.1 Å². The zero-order valence-electron chi connectivity index (χ0n) is 20.6. The molecule has 9 heteroatoms. The molecule has 0 aliphatic rings. The van der Waals surface area contributed by atoms with Crippen LogP contribution < -0.4 is 4.74 Å². The molecule has 0 saturated carbocycles. The number of halogens is 8. The smallest absolute Gasteiger partial charge is 0.429 e. The van der Waals surface area contributed by atoms with Crippen LogP contribution in [0.4, 0.5) is 35.1 Å². The molecular weight excluding hydrogens is 528 g/mol. The second kappa shape index (κ2) is 11.5. The molecule has 0 bridgehead atoms. The SMILES string of the molecule is CCCCCc1ccc(-c2ccc(C(F)(F)Oc3ccc(-c4cc(F)c(F)c(F)c4)c(F)c3)c(F)c2F)cc1. The molecular formula is C30H22F8O. The van der Waals surface area contributed by atoms with Crippen molar-refractivity contribution in [2.24, 2.45) is 0 Å². The van der Waals surface area contributed by atoms with Crippen LogP contribution in [-0.2, 0) is 12.5 Å². The fourth-order valence-corrected chi connectivity index (χ4v) is 4.13. The molecule has 0 fully saturated rings. The Labute approximate surface area is 219 Å². The second-order valence-corrected chi connectivity index (χ2v) is 8.96. The molecule has 0 atom stereocenters. The Kier molecular flexibility index (Phi) is 8.28. The lowest BCUT2D eigenvalue weighted by atomic mass is 9.99. The average molecular weight is 550 g/mol. The first-order chi connectivity index (χ1) is 18.5. The zero-order valence-corrected chi connectivity index (χ0v) is 20.6. The van der Waals surface area contributed by atoms with Crippen molar-refractivity contribution >= 4 is 0 Å². The largest absolute Gasteiger partial charge is 0.429 e. The van der Waals surface area contributed by atoms with Gasteiger partial charge in [0.25, 0.3) is 0 Å². The van der Waals surface area contributed by atoms with Crippen molar-refractivity contribution in [3.63, 3.8) is 0 Å². The minimum Gasteiger partial charge on any atom is -0.429 e. The second-order valence-electron chi connectivity index (χ2n) is 8.96. The molecule has 39 heavy (non-hydrogen) atoms. The Morgan fingerprint density at radius 2 is 1.26 bits per heavy atom. The maximum atomic E-state index is 14.9. The highest BCUT2D eigenvalue weighted by Gasteiger charge is 2.39. The number of aryl methyl sites for hydroxylation is 1. The van der Waals surface area contributed by atoms with Gasteiger partial charge in [0.2, 0.25) is 0 Å². The number of ether oxygens (including phenoxy) is 1. The quantitative estimate of drug-likeness (QED) is 0.115. The molecule has 0 amide bonds. The Hall–Kier alpha value is -3.88. The number of benzene rings is 4. The van der Waals surface area contributed by atoms with E-state index in [0.29, 0.717) is 29.8 Å². The summed E-state index contributed by atoms with van der Waals surface area (Å²) in [6.45, 7) is 2.08. The molecule has 4 rings (SSSR count). The Morgan fingerprint density at radius 3 is 1.87 bits per heavy atom. The van der Waals surface area contributed by atoms with Crippen LogP contribution in [-0.4, -0.2) is 0 Å². The highest BCUT2D eigenvalue weighted by molar-refractivity contribution is 5.66. The molecule has 0 aliphatic heterocycles. The molecule has 0 aliphatic carbocycles.